The lowest BCUT2D eigenvalue weighted by atomic mass is 9.90. The van der Waals surface area contributed by atoms with Crippen molar-refractivity contribution in [2.24, 2.45) is 0 Å². The third kappa shape index (κ3) is 4.03. The maximum Gasteiger partial charge on any atom is 0.145 e. The highest BCUT2D eigenvalue weighted by Crippen LogP contribution is 2.51. The fourth-order valence-electron chi connectivity index (χ4n) is 11.3. The van der Waals surface area contributed by atoms with Crippen LogP contribution in [0.3, 0.4) is 0 Å². The van der Waals surface area contributed by atoms with Gasteiger partial charge in [-0.25, -0.2) is 19.9 Å². The van der Waals surface area contributed by atoms with E-state index in [4.69, 9.17) is 19.9 Å². The lowest BCUT2D eigenvalue weighted by Gasteiger charge is -2.13. The molecule has 10 nitrogen and oxygen atoms in total. The van der Waals surface area contributed by atoms with Crippen LogP contribution in [0.4, 0.5) is 0 Å². The first kappa shape index (κ1) is 34.6. The molecule has 296 valence electrons. The van der Waals surface area contributed by atoms with Crippen LogP contribution in [-0.4, -0.2) is 28.7 Å². The van der Waals surface area contributed by atoms with Crippen LogP contribution in [0.5, 0.6) is 0 Å². The van der Waals surface area contributed by atoms with E-state index in [2.05, 4.69) is 106 Å². The highest BCUT2D eigenvalue weighted by atomic mass is 15.0. The lowest BCUT2D eigenvalue weighted by molar-refractivity contribution is 1.24. The second kappa shape index (κ2) is 11.9. The van der Waals surface area contributed by atoms with Crippen LogP contribution >= 0.6 is 0 Å². The fraction of sp³-hybridized carbons (Fsp3) is 0. The standard InChI is InChI=1S/C56H22N10/c57-21-27-15-37-39-19-29(23-59)25-61-55(39)65-51(37)41(17-27)45-49-50(46-42-18-28(22-58)16-38-40-20-30(24-60)26-62-56(40)66(52(38)42)54(46)53(45)65)64-48-36-14-12-34(32-9-5-2-6-10-32)43-33(31-7-3-1-4-8-31)11-13-35(44(36)43)47(48)63-49/h1-20,25-26H. The number of nitrogens with zero attached hydrogens (tertiary/aromatic N) is 10. The van der Waals surface area contributed by atoms with Gasteiger partial charge in [0.25, 0.3) is 0 Å². The first-order valence-electron chi connectivity index (χ1n) is 21.3. The average Bonchev–Trinajstić information content (AvgIpc) is 4.16. The molecule has 0 aliphatic carbocycles. The average molecular weight is 835 g/mol. The first-order valence-corrected chi connectivity index (χ1v) is 21.3. The van der Waals surface area contributed by atoms with Gasteiger partial charge in [-0.3, -0.25) is 8.80 Å². The van der Waals surface area contributed by atoms with Gasteiger partial charge in [0, 0.05) is 71.6 Å². The van der Waals surface area contributed by atoms with Crippen molar-refractivity contribution in [3.05, 3.63) is 156 Å². The van der Waals surface area contributed by atoms with E-state index >= 15 is 0 Å². The number of hydrogen-bond donors (Lipinski definition) is 0. The summed E-state index contributed by atoms with van der Waals surface area (Å²) in [5, 5.41) is 51.6. The lowest BCUT2D eigenvalue weighted by Crippen LogP contribution is -1.94. The third-order valence-electron chi connectivity index (χ3n) is 13.8. The zero-order valence-corrected chi connectivity index (χ0v) is 34.2. The number of pyridine rings is 2. The van der Waals surface area contributed by atoms with Crippen LogP contribution in [0.15, 0.2) is 134 Å². The van der Waals surface area contributed by atoms with Gasteiger partial charge < -0.3 is 0 Å². The van der Waals surface area contributed by atoms with Gasteiger partial charge in [-0.15, -0.1) is 0 Å². The molecule has 0 atom stereocenters. The van der Waals surface area contributed by atoms with Crippen molar-refractivity contribution in [2.45, 2.75) is 0 Å². The maximum atomic E-state index is 10.6. The van der Waals surface area contributed by atoms with Crippen molar-refractivity contribution in [1.82, 2.24) is 28.7 Å². The molecule has 0 saturated heterocycles. The smallest absolute Gasteiger partial charge is 0.145 e. The number of aromatic nitrogens is 6. The molecule has 15 rings (SSSR count). The van der Waals surface area contributed by atoms with Gasteiger partial charge in [0.15, 0.2) is 0 Å². The Kier molecular flexibility index (Phi) is 6.24. The summed E-state index contributed by atoms with van der Waals surface area (Å²) in [4.78, 5) is 21.4. The third-order valence-corrected chi connectivity index (χ3v) is 13.8. The van der Waals surface area contributed by atoms with Gasteiger partial charge in [0.2, 0.25) is 0 Å². The summed E-state index contributed by atoms with van der Waals surface area (Å²) in [5.74, 6) is 0. The van der Waals surface area contributed by atoms with E-state index in [-0.39, 0.29) is 0 Å². The normalized spacial score (nSPS) is 12.2. The fourth-order valence-corrected chi connectivity index (χ4v) is 11.3. The van der Waals surface area contributed by atoms with Crippen molar-refractivity contribution >= 4 is 120 Å². The van der Waals surface area contributed by atoms with Crippen LogP contribution in [-0.2, 0) is 0 Å². The molecule has 10 heteroatoms. The SMILES string of the molecule is N#Cc1cnc2c(c1)c1cc(C#N)cc3c4c5nc6c7ccc(-c8ccccc8)c8c(-c9ccccc9)ccc(c6nc5c5c6cc(C#N)cc9c%10cc(C#N)cnc%10n(c96)c5c4n2c13)c87. The first-order chi connectivity index (χ1) is 32.6. The molecule has 0 radical (unpaired) electrons. The van der Waals surface area contributed by atoms with Gasteiger partial charge in [0.1, 0.15) is 34.5 Å². The molecule has 0 N–H and O–H groups in total. The molecule has 7 heterocycles. The molecule has 0 amide bonds. The van der Waals surface area contributed by atoms with E-state index in [1.165, 1.54) is 0 Å². The number of fused-ring (bicyclic) bond motifs is 19. The summed E-state index contributed by atoms with van der Waals surface area (Å²) in [6.07, 6.45) is 3.16. The molecule has 66 heavy (non-hydrogen) atoms. The van der Waals surface area contributed by atoms with Crippen LogP contribution in [0, 0.1) is 45.3 Å². The Morgan fingerprint density at radius 2 is 0.758 bits per heavy atom. The zero-order chi connectivity index (χ0) is 43.7. The Morgan fingerprint density at radius 3 is 1.18 bits per heavy atom. The van der Waals surface area contributed by atoms with Crippen molar-refractivity contribution in [3.63, 3.8) is 0 Å². The van der Waals surface area contributed by atoms with Crippen LogP contribution in [0.1, 0.15) is 22.3 Å². The quantitative estimate of drug-likeness (QED) is 0.167. The molecule has 0 fully saturated rings. The highest BCUT2D eigenvalue weighted by molar-refractivity contribution is 6.41. The molecule has 0 bridgehead atoms. The summed E-state index contributed by atoms with van der Waals surface area (Å²) in [7, 11) is 0. The van der Waals surface area contributed by atoms with Crippen LogP contribution < -0.4 is 0 Å². The number of benzene rings is 7. The molecule has 0 spiro atoms. The second-order valence-corrected chi connectivity index (χ2v) is 17.0. The van der Waals surface area contributed by atoms with Gasteiger partial charge in [-0.2, -0.15) is 21.0 Å². The molecule has 0 aliphatic heterocycles. The minimum Gasteiger partial charge on any atom is -0.290 e. The summed E-state index contributed by atoms with van der Waals surface area (Å²) >= 11 is 0. The van der Waals surface area contributed by atoms with Crippen molar-refractivity contribution in [3.8, 4) is 46.5 Å². The van der Waals surface area contributed by atoms with Crippen LogP contribution in [0.2, 0.25) is 0 Å². The van der Waals surface area contributed by atoms with E-state index in [1.54, 1.807) is 12.4 Å². The Hall–Kier alpha value is -10.00. The summed E-state index contributed by atoms with van der Waals surface area (Å²) in [6.45, 7) is 0. The summed E-state index contributed by atoms with van der Waals surface area (Å²) in [6, 6.07) is 50.2. The molecule has 7 aromatic heterocycles. The predicted molar refractivity (Wildman–Crippen MR) is 258 cm³/mol. The molecule has 8 aromatic carbocycles. The second-order valence-electron chi connectivity index (χ2n) is 17.0. The topological polar surface area (TPSA) is 156 Å². The van der Waals surface area contributed by atoms with E-state index in [0.717, 1.165) is 120 Å². The van der Waals surface area contributed by atoms with Gasteiger partial charge >= 0.3 is 0 Å². The zero-order valence-electron chi connectivity index (χ0n) is 34.2. The van der Waals surface area contributed by atoms with Gasteiger partial charge in [-0.05, 0) is 64.0 Å². The summed E-state index contributed by atoms with van der Waals surface area (Å²) < 4.78 is 4.27. The Labute approximate surface area is 370 Å². The number of rotatable bonds is 2. The van der Waals surface area contributed by atoms with E-state index < -0.39 is 0 Å². The van der Waals surface area contributed by atoms with Gasteiger partial charge in [-0.1, -0.05) is 84.9 Å². The Morgan fingerprint density at radius 1 is 0.348 bits per heavy atom. The Balaban J connectivity index is 1.24. The van der Waals surface area contributed by atoms with Crippen molar-refractivity contribution in [2.75, 3.05) is 0 Å². The van der Waals surface area contributed by atoms with Crippen molar-refractivity contribution in [1.29, 1.82) is 21.0 Å². The maximum absolute atomic E-state index is 10.6. The number of hydrogen-bond acceptors (Lipinski definition) is 8. The van der Waals surface area contributed by atoms with E-state index in [0.29, 0.717) is 44.6 Å². The monoisotopic (exact) mass is 834 g/mol. The van der Waals surface area contributed by atoms with E-state index in [1.807, 2.05) is 48.5 Å². The number of nitriles is 4. The predicted octanol–water partition coefficient (Wildman–Crippen LogP) is 12.4. The largest absolute Gasteiger partial charge is 0.290 e. The van der Waals surface area contributed by atoms with E-state index in [9.17, 15) is 21.0 Å². The minimum absolute atomic E-state index is 0.406. The molecule has 0 aliphatic rings. The minimum atomic E-state index is 0.406. The van der Waals surface area contributed by atoms with Crippen molar-refractivity contribution < 1.29 is 0 Å². The highest BCUT2D eigenvalue weighted by Gasteiger charge is 2.31. The Bertz CT molecular complexity index is 4600. The van der Waals surface area contributed by atoms with Crippen LogP contribution in [0.25, 0.3) is 142 Å². The molecule has 0 unspecified atom stereocenters. The molecule has 0 saturated carbocycles. The molecular formula is C56H22N10. The van der Waals surface area contributed by atoms with Gasteiger partial charge in [0.05, 0.1) is 67.5 Å². The molecular weight excluding hydrogens is 813 g/mol. The summed E-state index contributed by atoms with van der Waals surface area (Å²) in [5.41, 5.74) is 13.4. The molecule has 15 aromatic rings.